The van der Waals surface area contributed by atoms with Crippen LogP contribution in [0, 0.1) is 23.2 Å². The van der Waals surface area contributed by atoms with Gasteiger partial charge in [0, 0.05) is 6.42 Å². The molecule has 0 spiro atoms. The molecule has 22 heteroatoms. The molecule has 0 radical (unpaired) electrons. The lowest BCUT2D eigenvalue weighted by atomic mass is 9.49. The van der Waals surface area contributed by atoms with E-state index < -0.39 is 94.9 Å². The maximum atomic E-state index is 14.4. The third kappa shape index (κ3) is 7.41. The molecule has 4 aliphatic rings. The Balaban J connectivity index is 1.91. The number of halogens is 13. The molecule has 0 amide bonds. The minimum Gasteiger partial charge on any atom is -0.438 e. The number of alkyl halides is 13. The average Bonchev–Trinajstić information content (AvgIpc) is 2.82. The van der Waals surface area contributed by atoms with Crippen LogP contribution in [0.1, 0.15) is 57.8 Å². The van der Waals surface area contributed by atoms with Crippen LogP contribution in [-0.2, 0) is 33.9 Å². The van der Waals surface area contributed by atoms with Gasteiger partial charge in [-0.05, 0) is 69.1 Å². The third-order valence-corrected chi connectivity index (χ3v) is 9.06. The van der Waals surface area contributed by atoms with Crippen LogP contribution in [0.5, 0.6) is 0 Å². The summed E-state index contributed by atoms with van der Waals surface area (Å²) in [4.78, 5) is 25.8. The topological polar surface area (TPSA) is 116 Å². The molecule has 0 saturated heterocycles. The van der Waals surface area contributed by atoms with Crippen LogP contribution in [0.25, 0.3) is 0 Å². The first-order valence-electron chi connectivity index (χ1n) is 13.1. The van der Waals surface area contributed by atoms with E-state index >= 15 is 0 Å². The smallest absolute Gasteiger partial charge is 0.438 e. The lowest BCUT2D eigenvalue weighted by Gasteiger charge is -2.55. The first kappa shape index (κ1) is 37.4. The number of hydrogen-bond donors (Lipinski definition) is 1. The number of rotatable bonds is 12. The molecule has 1 unspecified atom stereocenters. The van der Waals surface area contributed by atoms with Crippen molar-refractivity contribution >= 4 is 22.1 Å². The maximum absolute atomic E-state index is 14.4. The number of unbranched alkanes of at least 4 members (excludes halogenated alkanes) is 1. The fraction of sp³-hybridized carbons (Fsp3) is 0.913. The summed E-state index contributed by atoms with van der Waals surface area (Å²) in [7, 11) is -6.69. The Labute approximate surface area is 245 Å². The summed E-state index contributed by atoms with van der Waals surface area (Å²) in [6.07, 6.45) is -27.9. The van der Waals surface area contributed by atoms with Crippen molar-refractivity contribution < 1.29 is 93.8 Å². The largest absolute Gasteiger partial charge is 0.468 e. The fourth-order valence-corrected chi connectivity index (χ4v) is 6.97. The van der Waals surface area contributed by atoms with Gasteiger partial charge < -0.3 is 14.2 Å². The van der Waals surface area contributed by atoms with E-state index in [1.54, 1.807) is 0 Å². The van der Waals surface area contributed by atoms with Gasteiger partial charge in [-0.25, -0.2) is 4.79 Å². The first-order valence-corrected chi connectivity index (χ1v) is 14.5. The molecule has 1 atom stereocenters. The van der Waals surface area contributed by atoms with Crippen molar-refractivity contribution in [3.8, 4) is 0 Å². The zero-order valence-corrected chi connectivity index (χ0v) is 23.3. The summed E-state index contributed by atoms with van der Waals surface area (Å²) < 4.78 is 217. The third-order valence-electron chi connectivity index (χ3n) is 8.11. The van der Waals surface area contributed by atoms with Gasteiger partial charge in [0.05, 0.1) is 12.0 Å². The summed E-state index contributed by atoms with van der Waals surface area (Å²) >= 11 is 0. The highest BCUT2D eigenvalue weighted by molar-refractivity contribution is 7.87. The molecule has 0 aromatic heterocycles. The number of carbonyl (C=O) groups is 2. The Morgan fingerprint density at radius 1 is 0.778 bits per heavy atom. The van der Waals surface area contributed by atoms with Crippen LogP contribution in [0.3, 0.4) is 0 Å². The first-order chi connectivity index (χ1) is 20.1. The molecule has 1 N–H and O–H groups in total. The second-order valence-electron chi connectivity index (χ2n) is 11.6. The van der Waals surface area contributed by atoms with Crippen LogP contribution >= 0.6 is 0 Å². The SMILES string of the molecule is O=C(OC(OCCCCC(F)(F)C(F)(F)S(=O)(=O)O)(C(=O)OC(C(F)(F)F)C(F)(F)F)C(F)(F)F)C12CC3CC(CC(C3)C1)C2. The minimum absolute atomic E-state index is 0.0768. The van der Waals surface area contributed by atoms with Crippen LogP contribution in [0.4, 0.5) is 57.1 Å². The number of ether oxygens (including phenoxy) is 3. The monoisotopic (exact) mass is 708 g/mol. The Hall–Kier alpha value is -2.10. The van der Waals surface area contributed by atoms with Gasteiger partial charge in [-0.1, -0.05) is 0 Å². The lowest BCUT2D eigenvalue weighted by Crippen LogP contribution is -2.62. The van der Waals surface area contributed by atoms with E-state index in [4.69, 9.17) is 4.55 Å². The zero-order chi connectivity index (χ0) is 34.7. The molecule has 4 bridgehead atoms. The van der Waals surface area contributed by atoms with Crippen LogP contribution in [0.15, 0.2) is 0 Å². The van der Waals surface area contributed by atoms with Crippen molar-refractivity contribution in [3.63, 3.8) is 0 Å². The molecular weight excluding hydrogens is 683 g/mol. The quantitative estimate of drug-likeness (QED) is 0.0821. The molecule has 0 aromatic rings. The van der Waals surface area contributed by atoms with Crippen molar-refractivity contribution in [3.05, 3.63) is 0 Å². The summed E-state index contributed by atoms with van der Waals surface area (Å²) in [6.45, 7) is -1.75. The van der Waals surface area contributed by atoms with Gasteiger partial charge in [0.1, 0.15) is 0 Å². The predicted octanol–water partition coefficient (Wildman–Crippen LogP) is 6.34. The second-order valence-corrected chi connectivity index (χ2v) is 13.0. The summed E-state index contributed by atoms with van der Waals surface area (Å²) in [5.41, 5.74) is -1.72. The van der Waals surface area contributed by atoms with Gasteiger partial charge in [-0.15, -0.1) is 0 Å². The normalized spacial score (nSPS) is 27.4. The van der Waals surface area contributed by atoms with Gasteiger partial charge in [0.25, 0.3) is 6.10 Å². The van der Waals surface area contributed by atoms with Crippen LogP contribution in [-0.4, -0.2) is 73.1 Å². The Kier molecular flexibility index (Phi) is 9.84. The highest BCUT2D eigenvalue weighted by Crippen LogP contribution is 2.61. The molecule has 8 nitrogen and oxygen atoms in total. The van der Waals surface area contributed by atoms with Crippen molar-refractivity contribution in [1.82, 2.24) is 0 Å². The van der Waals surface area contributed by atoms with Gasteiger partial charge in [-0.2, -0.15) is 65.5 Å². The van der Waals surface area contributed by atoms with E-state index in [0.29, 0.717) is 19.3 Å². The van der Waals surface area contributed by atoms with Gasteiger partial charge in [0.2, 0.25) is 0 Å². The molecule has 4 aliphatic carbocycles. The van der Waals surface area contributed by atoms with Gasteiger partial charge in [-0.3, -0.25) is 9.35 Å². The Morgan fingerprint density at radius 2 is 1.22 bits per heavy atom. The number of carbonyl (C=O) groups excluding carboxylic acids is 2. The molecule has 45 heavy (non-hydrogen) atoms. The molecule has 262 valence electrons. The highest BCUT2D eigenvalue weighted by atomic mass is 32.2. The summed E-state index contributed by atoms with van der Waals surface area (Å²) in [5, 5.41) is -6.07. The van der Waals surface area contributed by atoms with Crippen molar-refractivity contribution in [1.29, 1.82) is 0 Å². The molecule has 0 aromatic carbocycles. The van der Waals surface area contributed by atoms with Gasteiger partial charge in [0.15, 0.2) is 0 Å². The van der Waals surface area contributed by atoms with E-state index in [2.05, 4.69) is 14.2 Å². The number of hydrogen-bond acceptors (Lipinski definition) is 7. The Morgan fingerprint density at radius 3 is 1.60 bits per heavy atom. The van der Waals surface area contributed by atoms with Crippen molar-refractivity contribution in [2.24, 2.45) is 23.2 Å². The molecule has 4 rings (SSSR count). The number of esters is 2. The van der Waals surface area contributed by atoms with Crippen LogP contribution < -0.4 is 0 Å². The molecule has 0 heterocycles. The van der Waals surface area contributed by atoms with E-state index in [-0.39, 0.29) is 37.0 Å². The Bertz CT molecular complexity index is 1180. The van der Waals surface area contributed by atoms with E-state index in [9.17, 15) is 75.1 Å². The molecule has 0 aliphatic heterocycles. The second kappa shape index (κ2) is 11.9. The van der Waals surface area contributed by atoms with Crippen LogP contribution in [0.2, 0.25) is 0 Å². The molecular formula is C23H25F13O8S. The minimum atomic E-state index is -6.69. The zero-order valence-electron chi connectivity index (χ0n) is 22.5. The van der Waals surface area contributed by atoms with E-state index in [1.165, 1.54) is 0 Å². The van der Waals surface area contributed by atoms with Crippen molar-refractivity contribution in [2.75, 3.05) is 6.61 Å². The summed E-state index contributed by atoms with van der Waals surface area (Å²) in [6, 6.07) is 0. The molecule has 4 fully saturated rings. The standard InChI is InChI=1S/C23H25F13O8S/c24-18(25,23(35,36)45(39,40)41)3-1-2-4-42-19(22(32,33)34,16(38)43-14(20(26,27)28)21(29,30)31)44-15(37)17-8-11-5-12(9-17)7-13(6-11)10-17/h11-14H,1-10H2,(H,39,40,41). The predicted molar refractivity (Wildman–Crippen MR) is 119 cm³/mol. The summed E-state index contributed by atoms with van der Waals surface area (Å²) in [5.74, 6) is -16.7. The maximum Gasteiger partial charge on any atom is 0.468 e. The lowest BCUT2D eigenvalue weighted by molar-refractivity contribution is -0.372. The average molecular weight is 708 g/mol. The van der Waals surface area contributed by atoms with Crippen molar-refractivity contribution in [2.45, 2.75) is 99.4 Å². The molecule has 4 saturated carbocycles. The van der Waals surface area contributed by atoms with E-state index in [1.807, 2.05) is 0 Å². The fourth-order valence-electron chi connectivity index (χ4n) is 6.49. The van der Waals surface area contributed by atoms with E-state index in [0.717, 1.165) is 0 Å². The highest BCUT2D eigenvalue weighted by Gasteiger charge is 2.72. The van der Waals surface area contributed by atoms with Gasteiger partial charge >= 0.3 is 57.5 Å².